The number of nitrogens with one attached hydrogen (secondary N) is 1. The lowest BCUT2D eigenvalue weighted by Crippen LogP contribution is -2.30. The van der Waals surface area contributed by atoms with E-state index in [1.54, 1.807) is 17.7 Å². The number of aryl methyl sites for hydroxylation is 1. The highest BCUT2D eigenvalue weighted by atomic mass is 16.5. The van der Waals surface area contributed by atoms with Gasteiger partial charge in [0.05, 0.1) is 5.69 Å². The van der Waals surface area contributed by atoms with E-state index in [1.165, 1.54) is 0 Å². The van der Waals surface area contributed by atoms with Gasteiger partial charge in [0, 0.05) is 12.3 Å². The number of rotatable bonds is 6. The first-order chi connectivity index (χ1) is 12.9. The summed E-state index contributed by atoms with van der Waals surface area (Å²) in [5.41, 5.74) is 3.13. The average molecular weight is 363 g/mol. The standard InChI is InChI=1S/C22H25N3O2/c1-15(2)19-11-10-16(3)14-20(19)27-17(4)22(26)23-21-12-13-25(24-21)18-8-6-5-7-9-18/h5-15,17H,1-4H3,(H,23,24,26). The molecule has 27 heavy (non-hydrogen) atoms. The van der Waals surface area contributed by atoms with Crippen LogP contribution in [0.25, 0.3) is 5.69 Å². The van der Waals surface area contributed by atoms with Crippen LogP contribution in [0.15, 0.2) is 60.8 Å². The van der Waals surface area contributed by atoms with Crippen molar-refractivity contribution in [2.75, 3.05) is 5.32 Å². The van der Waals surface area contributed by atoms with Gasteiger partial charge in [0.15, 0.2) is 11.9 Å². The molecule has 0 saturated carbocycles. The fourth-order valence-corrected chi connectivity index (χ4v) is 2.81. The lowest BCUT2D eigenvalue weighted by molar-refractivity contribution is -0.122. The van der Waals surface area contributed by atoms with Crippen LogP contribution in [0.4, 0.5) is 5.82 Å². The number of para-hydroxylation sites is 1. The molecular weight excluding hydrogens is 338 g/mol. The summed E-state index contributed by atoms with van der Waals surface area (Å²) in [7, 11) is 0. The highest BCUT2D eigenvalue weighted by Gasteiger charge is 2.18. The number of aromatic nitrogens is 2. The number of benzene rings is 2. The largest absolute Gasteiger partial charge is 0.481 e. The molecule has 140 valence electrons. The van der Waals surface area contributed by atoms with Gasteiger partial charge in [0.2, 0.25) is 0 Å². The molecule has 0 radical (unpaired) electrons. The lowest BCUT2D eigenvalue weighted by atomic mass is 10.0. The first-order valence-electron chi connectivity index (χ1n) is 9.13. The third kappa shape index (κ3) is 4.56. The number of hydrogen-bond acceptors (Lipinski definition) is 3. The molecule has 0 aliphatic rings. The molecule has 1 aromatic heterocycles. The minimum atomic E-state index is -0.633. The Labute approximate surface area is 160 Å². The molecule has 5 heteroatoms. The Bertz CT molecular complexity index is 916. The van der Waals surface area contributed by atoms with Crippen LogP contribution in [0.2, 0.25) is 0 Å². The maximum absolute atomic E-state index is 12.5. The summed E-state index contributed by atoms with van der Waals surface area (Å²) in [4.78, 5) is 12.5. The number of nitrogens with zero attached hydrogens (tertiary/aromatic N) is 2. The van der Waals surface area contributed by atoms with E-state index in [-0.39, 0.29) is 5.91 Å². The minimum absolute atomic E-state index is 0.232. The molecule has 1 N–H and O–H groups in total. The average Bonchev–Trinajstić information content (AvgIpc) is 3.10. The molecule has 1 amide bonds. The van der Waals surface area contributed by atoms with Gasteiger partial charge >= 0.3 is 0 Å². The van der Waals surface area contributed by atoms with E-state index >= 15 is 0 Å². The molecule has 3 aromatic rings. The number of ether oxygens (including phenoxy) is 1. The van der Waals surface area contributed by atoms with Crippen molar-refractivity contribution in [1.82, 2.24) is 9.78 Å². The van der Waals surface area contributed by atoms with Gasteiger partial charge in [-0.05, 0) is 49.1 Å². The minimum Gasteiger partial charge on any atom is -0.481 e. The van der Waals surface area contributed by atoms with Crippen LogP contribution in [0.5, 0.6) is 5.75 Å². The van der Waals surface area contributed by atoms with Crippen LogP contribution in [0.3, 0.4) is 0 Å². The molecule has 0 saturated heterocycles. The van der Waals surface area contributed by atoms with Gasteiger partial charge in [-0.3, -0.25) is 4.79 Å². The van der Waals surface area contributed by atoms with Crippen LogP contribution in [0.1, 0.15) is 37.8 Å². The molecule has 0 bridgehead atoms. The molecule has 0 aliphatic heterocycles. The number of hydrogen-bond donors (Lipinski definition) is 1. The number of carbonyl (C=O) groups is 1. The molecule has 3 rings (SSSR count). The Morgan fingerprint density at radius 2 is 1.81 bits per heavy atom. The Balaban J connectivity index is 1.69. The summed E-state index contributed by atoms with van der Waals surface area (Å²) in [6, 6.07) is 17.6. The fourth-order valence-electron chi connectivity index (χ4n) is 2.81. The maximum atomic E-state index is 12.5. The van der Waals surface area contributed by atoms with Crippen molar-refractivity contribution >= 4 is 11.7 Å². The summed E-state index contributed by atoms with van der Waals surface area (Å²) in [6.07, 6.45) is 1.18. The van der Waals surface area contributed by atoms with Crippen LogP contribution >= 0.6 is 0 Å². The van der Waals surface area contributed by atoms with Gasteiger partial charge in [0.25, 0.3) is 5.91 Å². The van der Waals surface area contributed by atoms with Crippen LogP contribution in [0, 0.1) is 6.92 Å². The van der Waals surface area contributed by atoms with Gasteiger partial charge in [-0.2, -0.15) is 5.10 Å². The zero-order valence-corrected chi connectivity index (χ0v) is 16.1. The zero-order valence-electron chi connectivity index (χ0n) is 16.1. The van der Waals surface area contributed by atoms with Crippen LogP contribution < -0.4 is 10.1 Å². The summed E-state index contributed by atoms with van der Waals surface area (Å²) in [5.74, 6) is 1.33. The van der Waals surface area contributed by atoms with Crippen molar-refractivity contribution in [2.24, 2.45) is 0 Å². The Morgan fingerprint density at radius 3 is 2.52 bits per heavy atom. The number of amides is 1. The molecular formula is C22H25N3O2. The zero-order chi connectivity index (χ0) is 19.4. The van der Waals surface area contributed by atoms with Crippen molar-refractivity contribution in [3.8, 4) is 11.4 Å². The predicted octanol–water partition coefficient (Wildman–Crippen LogP) is 4.71. The Morgan fingerprint density at radius 1 is 1.07 bits per heavy atom. The molecule has 1 atom stereocenters. The smallest absolute Gasteiger partial charge is 0.266 e. The number of carbonyl (C=O) groups excluding carboxylic acids is 1. The monoisotopic (exact) mass is 363 g/mol. The van der Waals surface area contributed by atoms with Gasteiger partial charge < -0.3 is 10.1 Å². The van der Waals surface area contributed by atoms with Gasteiger partial charge in [0.1, 0.15) is 5.75 Å². The van der Waals surface area contributed by atoms with Crippen molar-refractivity contribution in [3.63, 3.8) is 0 Å². The van der Waals surface area contributed by atoms with Crippen LogP contribution in [-0.2, 0) is 4.79 Å². The molecule has 2 aromatic carbocycles. The molecule has 0 aliphatic carbocycles. The van der Waals surface area contributed by atoms with E-state index in [9.17, 15) is 4.79 Å². The SMILES string of the molecule is Cc1ccc(C(C)C)c(OC(C)C(=O)Nc2ccn(-c3ccccc3)n2)c1. The van der Waals surface area contributed by atoms with Gasteiger partial charge in [-0.1, -0.05) is 44.2 Å². The third-order valence-electron chi connectivity index (χ3n) is 4.33. The molecule has 0 fully saturated rings. The lowest BCUT2D eigenvalue weighted by Gasteiger charge is -2.19. The maximum Gasteiger partial charge on any atom is 0.266 e. The normalized spacial score (nSPS) is 12.0. The van der Waals surface area contributed by atoms with E-state index in [4.69, 9.17) is 4.74 Å². The highest BCUT2D eigenvalue weighted by molar-refractivity contribution is 5.93. The summed E-state index contributed by atoms with van der Waals surface area (Å²) >= 11 is 0. The van der Waals surface area contributed by atoms with E-state index in [1.807, 2.05) is 49.5 Å². The summed E-state index contributed by atoms with van der Waals surface area (Å²) in [6.45, 7) is 7.98. The fraction of sp³-hybridized carbons (Fsp3) is 0.273. The highest BCUT2D eigenvalue weighted by Crippen LogP contribution is 2.28. The Kier molecular flexibility index (Phi) is 5.60. The molecule has 1 unspecified atom stereocenters. The molecule has 0 spiro atoms. The summed E-state index contributed by atoms with van der Waals surface area (Å²) < 4.78 is 7.69. The van der Waals surface area contributed by atoms with Gasteiger partial charge in [-0.25, -0.2) is 4.68 Å². The van der Waals surface area contributed by atoms with Crippen molar-refractivity contribution in [2.45, 2.75) is 39.7 Å². The van der Waals surface area contributed by atoms with E-state index in [0.717, 1.165) is 22.6 Å². The van der Waals surface area contributed by atoms with Gasteiger partial charge in [-0.15, -0.1) is 0 Å². The van der Waals surface area contributed by atoms with Crippen molar-refractivity contribution in [1.29, 1.82) is 0 Å². The topological polar surface area (TPSA) is 56.1 Å². The second kappa shape index (κ2) is 8.08. The quantitative estimate of drug-likeness (QED) is 0.690. The van der Waals surface area contributed by atoms with E-state index < -0.39 is 6.10 Å². The Hall–Kier alpha value is -3.08. The number of anilines is 1. The molecule has 5 nitrogen and oxygen atoms in total. The summed E-state index contributed by atoms with van der Waals surface area (Å²) in [5, 5.41) is 7.22. The van der Waals surface area contributed by atoms with Crippen LogP contribution in [-0.4, -0.2) is 21.8 Å². The van der Waals surface area contributed by atoms with Crippen molar-refractivity contribution < 1.29 is 9.53 Å². The predicted molar refractivity (Wildman–Crippen MR) is 108 cm³/mol. The molecule has 1 heterocycles. The van der Waals surface area contributed by atoms with E-state index in [0.29, 0.717) is 11.7 Å². The second-order valence-electron chi connectivity index (χ2n) is 6.93. The van der Waals surface area contributed by atoms with E-state index in [2.05, 4.69) is 36.4 Å². The second-order valence-corrected chi connectivity index (χ2v) is 6.93. The van der Waals surface area contributed by atoms with Crippen molar-refractivity contribution in [3.05, 3.63) is 71.9 Å². The first kappa shape index (κ1) is 18.7. The third-order valence-corrected chi connectivity index (χ3v) is 4.33. The first-order valence-corrected chi connectivity index (χ1v) is 9.13.